The Labute approximate surface area is 105 Å². The normalized spacial score (nSPS) is 10.0. The summed E-state index contributed by atoms with van der Waals surface area (Å²) in [6.07, 6.45) is 0. The molecule has 86 valence electrons. The molecule has 0 saturated heterocycles. The van der Waals surface area contributed by atoms with Crippen molar-refractivity contribution in [1.82, 2.24) is 0 Å². The van der Waals surface area contributed by atoms with Crippen LogP contribution in [0, 0.1) is 6.92 Å². The Morgan fingerprint density at radius 1 is 1.12 bits per heavy atom. The molecule has 0 radical (unpaired) electrons. The maximum Gasteiger partial charge on any atom is 0.255 e. The van der Waals surface area contributed by atoms with Crippen LogP contribution in [0.4, 0.5) is 5.69 Å². The van der Waals surface area contributed by atoms with Gasteiger partial charge in [-0.3, -0.25) is 4.79 Å². The highest BCUT2D eigenvalue weighted by atomic mass is 35.5. The van der Waals surface area contributed by atoms with Crippen molar-refractivity contribution in [3.63, 3.8) is 0 Å². The summed E-state index contributed by atoms with van der Waals surface area (Å²) in [4.78, 5) is 11.9. The number of carbonyl (C=O) groups is 1. The van der Waals surface area contributed by atoms with E-state index in [1.165, 1.54) is 0 Å². The van der Waals surface area contributed by atoms with Crippen LogP contribution in [0.25, 0.3) is 0 Å². The lowest BCUT2D eigenvalue weighted by molar-refractivity contribution is 0.102. The number of nitrogens with one attached hydrogen (secondary N) is 1. The number of aryl methyl sites for hydroxylation is 1. The monoisotopic (exact) mass is 245 g/mol. The zero-order chi connectivity index (χ0) is 12.3. The van der Waals surface area contributed by atoms with E-state index in [2.05, 4.69) is 5.32 Å². The molecule has 3 heteroatoms. The molecule has 0 fully saturated rings. The van der Waals surface area contributed by atoms with Gasteiger partial charge in [-0.2, -0.15) is 0 Å². The lowest BCUT2D eigenvalue weighted by atomic mass is 10.1. The van der Waals surface area contributed by atoms with Crippen molar-refractivity contribution in [2.24, 2.45) is 0 Å². The molecule has 0 saturated carbocycles. The van der Waals surface area contributed by atoms with Crippen LogP contribution in [0.2, 0.25) is 5.02 Å². The molecule has 1 N–H and O–H groups in total. The van der Waals surface area contributed by atoms with E-state index < -0.39 is 0 Å². The molecule has 1 amide bonds. The van der Waals surface area contributed by atoms with Crippen molar-refractivity contribution in [2.75, 3.05) is 5.32 Å². The summed E-state index contributed by atoms with van der Waals surface area (Å²) < 4.78 is 0. The molecule has 0 aliphatic rings. The predicted molar refractivity (Wildman–Crippen MR) is 70.6 cm³/mol. The number of benzene rings is 2. The van der Waals surface area contributed by atoms with Crippen LogP contribution >= 0.6 is 11.6 Å². The molecule has 17 heavy (non-hydrogen) atoms. The Bertz CT molecular complexity index is 537. The Morgan fingerprint density at radius 2 is 1.82 bits per heavy atom. The van der Waals surface area contributed by atoms with Crippen molar-refractivity contribution in [3.05, 3.63) is 64.7 Å². The maximum atomic E-state index is 11.9. The van der Waals surface area contributed by atoms with E-state index in [-0.39, 0.29) is 5.91 Å². The largest absolute Gasteiger partial charge is 0.322 e. The maximum absolute atomic E-state index is 11.9. The smallest absolute Gasteiger partial charge is 0.255 e. The number of rotatable bonds is 2. The molecule has 2 nitrogen and oxygen atoms in total. The van der Waals surface area contributed by atoms with Gasteiger partial charge in [0, 0.05) is 16.3 Å². The quantitative estimate of drug-likeness (QED) is 0.854. The minimum absolute atomic E-state index is 0.155. The molecule has 2 rings (SSSR count). The molecule has 0 atom stereocenters. The van der Waals surface area contributed by atoms with Crippen molar-refractivity contribution in [2.45, 2.75) is 6.92 Å². The van der Waals surface area contributed by atoms with Gasteiger partial charge in [-0.25, -0.2) is 0 Å². The van der Waals surface area contributed by atoms with Gasteiger partial charge in [0.25, 0.3) is 5.91 Å². The molecule has 0 bridgehead atoms. The average Bonchev–Trinajstić information content (AvgIpc) is 2.34. The molecule has 0 aliphatic carbocycles. The van der Waals surface area contributed by atoms with E-state index in [4.69, 9.17) is 11.6 Å². The van der Waals surface area contributed by atoms with Gasteiger partial charge < -0.3 is 5.32 Å². The van der Waals surface area contributed by atoms with Gasteiger partial charge in [0.05, 0.1) is 0 Å². The summed E-state index contributed by atoms with van der Waals surface area (Å²) in [5.74, 6) is -0.155. The fourth-order valence-corrected chi connectivity index (χ4v) is 1.64. The molecule has 2 aromatic carbocycles. The molecule has 2 aromatic rings. The van der Waals surface area contributed by atoms with Crippen molar-refractivity contribution in [1.29, 1.82) is 0 Å². The number of carbonyl (C=O) groups excluding carboxylic acids is 1. The Balaban J connectivity index is 2.18. The van der Waals surface area contributed by atoms with E-state index in [9.17, 15) is 4.79 Å². The topological polar surface area (TPSA) is 29.1 Å². The number of para-hydroxylation sites is 1. The molecule has 0 aromatic heterocycles. The Kier molecular flexibility index (Phi) is 3.45. The van der Waals surface area contributed by atoms with Gasteiger partial charge in [-0.1, -0.05) is 35.9 Å². The van der Waals surface area contributed by atoms with E-state index in [1.807, 2.05) is 43.3 Å². The summed E-state index contributed by atoms with van der Waals surface area (Å²) in [6, 6.07) is 14.6. The highest BCUT2D eigenvalue weighted by Crippen LogP contribution is 2.17. The second-order valence-electron chi connectivity index (χ2n) is 3.78. The number of amides is 1. The van der Waals surface area contributed by atoms with Crippen molar-refractivity contribution in [3.8, 4) is 0 Å². The summed E-state index contributed by atoms with van der Waals surface area (Å²) >= 11 is 5.98. The molecule has 0 aliphatic heterocycles. The van der Waals surface area contributed by atoms with Gasteiger partial charge in [0.15, 0.2) is 0 Å². The first-order chi connectivity index (χ1) is 8.16. The first kappa shape index (κ1) is 11.7. The van der Waals surface area contributed by atoms with Crippen molar-refractivity contribution >= 4 is 23.2 Å². The average molecular weight is 246 g/mol. The zero-order valence-corrected chi connectivity index (χ0v) is 10.2. The third-order valence-corrected chi connectivity index (χ3v) is 2.87. The first-order valence-corrected chi connectivity index (χ1v) is 5.67. The van der Waals surface area contributed by atoms with Crippen LogP contribution in [-0.2, 0) is 0 Å². The third-order valence-electron chi connectivity index (χ3n) is 2.47. The summed E-state index contributed by atoms with van der Waals surface area (Å²) in [6.45, 7) is 1.90. The molecule has 0 spiro atoms. The number of hydrogen-bond acceptors (Lipinski definition) is 1. The molecule has 0 heterocycles. The zero-order valence-electron chi connectivity index (χ0n) is 9.41. The van der Waals surface area contributed by atoms with Crippen LogP contribution in [0.1, 0.15) is 15.9 Å². The highest BCUT2D eigenvalue weighted by molar-refractivity contribution is 6.31. The highest BCUT2D eigenvalue weighted by Gasteiger charge is 2.07. The Morgan fingerprint density at radius 3 is 2.47 bits per heavy atom. The van der Waals surface area contributed by atoms with Gasteiger partial charge in [-0.15, -0.1) is 0 Å². The number of hydrogen-bond donors (Lipinski definition) is 1. The van der Waals surface area contributed by atoms with Crippen molar-refractivity contribution < 1.29 is 4.79 Å². The second-order valence-corrected chi connectivity index (χ2v) is 4.19. The number of anilines is 1. The summed E-state index contributed by atoms with van der Waals surface area (Å²) in [7, 11) is 0. The summed E-state index contributed by atoms with van der Waals surface area (Å²) in [5.41, 5.74) is 2.29. The molecule has 0 unspecified atom stereocenters. The number of halogens is 1. The van der Waals surface area contributed by atoms with E-state index >= 15 is 0 Å². The van der Waals surface area contributed by atoms with Crippen LogP contribution in [0.3, 0.4) is 0 Å². The lowest BCUT2D eigenvalue weighted by Crippen LogP contribution is -2.11. The van der Waals surface area contributed by atoms with Crippen LogP contribution in [0.15, 0.2) is 48.5 Å². The molecular formula is C14H12ClNO. The Hall–Kier alpha value is -1.80. The second kappa shape index (κ2) is 5.02. The van der Waals surface area contributed by atoms with Crippen LogP contribution < -0.4 is 5.32 Å². The SMILES string of the molecule is Cc1ccc(C(=O)Nc2ccccc2)cc1Cl. The van der Waals surface area contributed by atoms with E-state index in [0.29, 0.717) is 10.6 Å². The van der Waals surface area contributed by atoms with Crippen LogP contribution in [-0.4, -0.2) is 5.91 Å². The predicted octanol–water partition coefficient (Wildman–Crippen LogP) is 3.90. The minimum atomic E-state index is -0.155. The fourth-order valence-electron chi connectivity index (χ4n) is 1.46. The van der Waals surface area contributed by atoms with Gasteiger partial charge in [0.1, 0.15) is 0 Å². The minimum Gasteiger partial charge on any atom is -0.322 e. The van der Waals surface area contributed by atoms with Gasteiger partial charge >= 0.3 is 0 Å². The lowest BCUT2D eigenvalue weighted by Gasteiger charge is -2.06. The summed E-state index contributed by atoms with van der Waals surface area (Å²) in [5, 5.41) is 3.41. The van der Waals surface area contributed by atoms with E-state index in [0.717, 1.165) is 11.3 Å². The van der Waals surface area contributed by atoms with Gasteiger partial charge in [-0.05, 0) is 36.8 Å². The van der Waals surface area contributed by atoms with Crippen LogP contribution in [0.5, 0.6) is 0 Å². The fraction of sp³-hybridized carbons (Fsp3) is 0.0714. The molecular weight excluding hydrogens is 234 g/mol. The standard InChI is InChI=1S/C14H12ClNO/c1-10-7-8-11(9-13(10)15)14(17)16-12-5-3-2-4-6-12/h2-9H,1H3,(H,16,17). The third kappa shape index (κ3) is 2.86. The van der Waals surface area contributed by atoms with Gasteiger partial charge in [0.2, 0.25) is 0 Å². The van der Waals surface area contributed by atoms with E-state index in [1.54, 1.807) is 12.1 Å². The first-order valence-electron chi connectivity index (χ1n) is 5.29.